The number of Topliss-reactive ketones (excluding diaryl/α,β-unsaturated/α-hetero) is 2. The summed E-state index contributed by atoms with van der Waals surface area (Å²) in [6.45, 7) is 0.433. The number of fused-ring (bicyclic) bond motifs is 5. The van der Waals surface area contributed by atoms with Crippen LogP contribution in [-0.4, -0.2) is 238 Å². The Morgan fingerprint density at radius 3 is 1.94 bits per heavy atom. The number of aliphatic hydroxyl groups excluding tert-OH is 3. The van der Waals surface area contributed by atoms with Crippen LogP contribution in [0.25, 0.3) is 10.9 Å². The zero-order valence-corrected chi connectivity index (χ0v) is 49.7. The molecule has 7 rings (SSSR count). The quantitative estimate of drug-likeness (QED) is 0.0621. The first-order chi connectivity index (χ1) is 42.2. The molecule has 480 valence electrons. The van der Waals surface area contributed by atoms with E-state index in [1.54, 1.807) is 13.8 Å². The van der Waals surface area contributed by atoms with Crippen LogP contribution in [0.3, 0.4) is 0 Å². The molecular formula is C57H71N11O20S. The average molecular weight is 1260 g/mol. The standard InChI is InChI=1S/C57H71N11O20S/c1-4-28(2)50-54(85)59-23-42(74)60-38-27-89(88)56-35(34-18-30(5-7-36(34)62-56)17-32(70)6-8-44(76)65(13-15-66-45(77)9-10-46(66)78)14-16-67-47(79)11-12-48(67)80)22-37(52(83)58-24-43(75)63-50)61-55(86)51(29(3)41(73)26-69)64-53(84)39-21-33(71)25-68(39)57(87)31(19-40(38)72)20-49(81)82/h5,7,9-12,18,28-29,31,33,37-39,41,50-51,62,69,71,73H,4,6,8,13-17,19-27H2,1-3H3,(H,58,83)(H,59,85)(H,60,74)(H,61,86)(H,63,75)(H,64,84)(H,81,82)/t28-,29?,31-,33+,37+,38-,39-,41?,50-,51-,89?/m0/s1. The van der Waals surface area contributed by atoms with Crippen LogP contribution >= 0.6 is 0 Å². The maximum absolute atomic E-state index is 15.2. The van der Waals surface area contributed by atoms with Crippen LogP contribution in [0.4, 0.5) is 0 Å². The monoisotopic (exact) mass is 1260 g/mol. The van der Waals surface area contributed by atoms with Crippen LogP contribution in [-0.2, 0) is 95.6 Å². The first-order valence-corrected chi connectivity index (χ1v) is 30.1. The molecule has 12 amide bonds. The Bertz CT molecular complexity index is 3230. The van der Waals surface area contributed by atoms with E-state index in [0.717, 1.165) is 39.0 Å². The van der Waals surface area contributed by atoms with Crippen molar-refractivity contribution < 1.29 is 96.6 Å². The summed E-state index contributed by atoms with van der Waals surface area (Å²) in [6, 6.07) is -4.17. The van der Waals surface area contributed by atoms with Crippen molar-refractivity contribution in [3.8, 4) is 0 Å². The minimum Gasteiger partial charge on any atom is -0.481 e. The van der Waals surface area contributed by atoms with Gasteiger partial charge in [-0.3, -0.25) is 85.9 Å². The molecule has 31 nitrogen and oxygen atoms in total. The molecule has 1 aromatic carbocycles. The van der Waals surface area contributed by atoms with Crippen molar-refractivity contribution in [3.05, 3.63) is 53.6 Å². The van der Waals surface area contributed by atoms with Crippen molar-refractivity contribution in [2.75, 3.05) is 58.2 Å². The smallest absolute Gasteiger partial charge is 0.304 e. The molecule has 89 heavy (non-hydrogen) atoms. The van der Waals surface area contributed by atoms with E-state index in [2.05, 4.69) is 36.9 Å². The third-order valence-corrected chi connectivity index (χ3v) is 17.7. The maximum atomic E-state index is 15.2. The van der Waals surface area contributed by atoms with Crippen molar-refractivity contribution in [2.24, 2.45) is 17.8 Å². The SMILES string of the molecule is CC[C@H](C)[C@@H]1NC(=O)CNC(=O)[C@H]2Cc3c([nH]c4ccc(CC(=O)CCC(=O)N(CCN5C(=O)C=CC5=O)CCN5C(=O)C=CC5=O)cc34)S(=O)C[C@H](NC(=O)CNC1=O)C(=O)C[C@@H](CC(=O)O)C(=O)N1C[C@H](O)C[C@H]1C(=O)N[C@@H](C(C)C(O)CO)C(=O)N2. The number of aromatic amines is 1. The van der Waals surface area contributed by atoms with Crippen LogP contribution in [0.1, 0.15) is 70.4 Å². The number of imide groups is 2. The number of amides is 12. The third kappa shape index (κ3) is 16.8. The van der Waals surface area contributed by atoms with Crippen molar-refractivity contribution in [3.63, 3.8) is 0 Å². The van der Waals surface area contributed by atoms with Crippen LogP contribution in [0, 0.1) is 17.8 Å². The lowest BCUT2D eigenvalue weighted by molar-refractivity contribution is -0.148. The van der Waals surface area contributed by atoms with Gasteiger partial charge in [0.15, 0.2) is 5.78 Å². The molecule has 0 saturated carbocycles. The number of benzene rings is 1. The molecule has 1 saturated heterocycles. The lowest BCUT2D eigenvalue weighted by Gasteiger charge is -2.32. The number of carbonyl (C=O) groups excluding carboxylic acids is 14. The Balaban J connectivity index is 1.30. The molecule has 2 aromatic rings. The van der Waals surface area contributed by atoms with Gasteiger partial charge in [-0.05, 0) is 29.2 Å². The number of nitrogens with one attached hydrogen (secondary N) is 7. The van der Waals surface area contributed by atoms with Crippen LogP contribution in [0.2, 0.25) is 0 Å². The number of aromatic nitrogens is 1. The molecular weight excluding hydrogens is 1190 g/mol. The van der Waals surface area contributed by atoms with Crippen LogP contribution < -0.4 is 31.9 Å². The van der Waals surface area contributed by atoms with Gasteiger partial charge in [0.1, 0.15) is 35.0 Å². The number of ketones is 2. The van der Waals surface area contributed by atoms with Gasteiger partial charge < -0.3 is 67.1 Å². The van der Waals surface area contributed by atoms with Crippen molar-refractivity contribution in [2.45, 2.75) is 120 Å². The van der Waals surface area contributed by atoms with Crippen LogP contribution in [0.15, 0.2) is 47.5 Å². The molecule has 6 heterocycles. The zero-order valence-electron chi connectivity index (χ0n) is 48.9. The summed E-state index contributed by atoms with van der Waals surface area (Å²) in [5.74, 6) is -18.3. The number of carboxylic acids is 1. The number of hydrogen-bond acceptors (Lipinski definition) is 19. The van der Waals surface area contributed by atoms with Gasteiger partial charge in [0.2, 0.25) is 47.3 Å². The Labute approximate surface area is 510 Å². The van der Waals surface area contributed by atoms with Gasteiger partial charge >= 0.3 is 5.97 Å². The fourth-order valence-electron chi connectivity index (χ4n) is 10.9. The summed E-state index contributed by atoms with van der Waals surface area (Å²) in [5.41, 5.74) is 0.397. The minimum absolute atomic E-state index is 0.0407. The topological polar surface area (TPSA) is 455 Å². The predicted molar refractivity (Wildman–Crippen MR) is 306 cm³/mol. The van der Waals surface area contributed by atoms with E-state index < -0.39 is 223 Å². The molecule has 3 unspecified atom stereocenters. The summed E-state index contributed by atoms with van der Waals surface area (Å²) < 4.78 is 15.2. The second-order valence-corrected chi connectivity index (χ2v) is 23.9. The highest BCUT2D eigenvalue weighted by atomic mass is 32.2. The lowest BCUT2D eigenvalue weighted by atomic mass is 9.93. The minimum atomic E-state index is -2.52. The molecule has 5 aliphatic rings. The number of carbonyl (C=O) groups is 15. The van der Waals surface area contributed by atoms with Gasteiger partial charge in [0.05, 0.1) is 66.8 Å². The molecule has 11 atom stereocenters. The maximum Gasteiger partial charge on any atom is 0.304 e. The second kappa shape index (κ2) is 29.9. The number of rotatable bonds is 18. The first-order valence-electron chi connectivity index (χ1n) is 28.8. The molecule has 0 radical (unpaired) electrons. The molecule has 11 N–H and O–H groups in total. The molecule has 0 aliphatic carbocycles. The van der Waals surface area contributed by atoms with Crippen molar-refractivity contribution in [1.82, 2.24) is 56.5 Å². The highest BCUT2D eigenvalue weighted by Gasteiger charge is 2.45. The number of aliphatic hydroxyl groups is 3. The second-order valence-electron chi connectivity index (χ2n) is 22.5. The number of aliphatic carboxylic acids is 1. The Morgan fingerprint density at radius 2 is 1.35 bits per heavy atom. The average Bonchev–Trinajstić information content (AvgIpc) is 1.72. The van der Waals surface area contributed by atoms with Gasteiger partial charge in [0.25, 0.3) is 23.6 Å². The molecule has 32 heteroatoms. The summed E-state index contributed by atoms with van der Waals surface area (Å²) in [7, 11) is -2.52. The fourth-order valence-corrected chi connectivity index (χ4v) is 12.4. The van der Waals surface area contributed by atoms with E-state index in [4.69, 9.17) is 0 Å². The molecule has 1 fully saturated rings. The van der Waals surface area contributed by atoms with E-state index in [-0.39, 0.29) is 66.1 Å². The Kier molecular flexibility index (Phi) is 22.7. The summed E-state index contributed by atoms with van der Waals surface area (Å²) >= 11 is 0. The highest BCUT2D eigenvalue weighted by molar-refractivity contribution is 7.85. The molecule has 1 aromatic heterocycles. The Hall–Kier alpha value is -8.88. The van der Waals surface area contributed by atoms with E-state index in [0.29, 0.717) is 6.42 Å². The predicted octanol–water partition coefficient (Wildman–Crippen LogP) is -5.37. The van der Waals surface area contributed by atoms with Gasteiger partial charge in [-0.1, -0.05) is 33.3 Å². The number of hydrogen-bond donors (Lipinski definition) is 11. The zero-order chi connectivity index (χ0) is 65.1. The van der Waals surface area contributed by atoms with E-state index in [1.807, 2.05) is 0 Å². The van der Waals surface area contributed by atoms with Gasteiger partial charge in [-0.25, -0.2) is 0 Å². The van der Waals surface area contributed by atoms with Gasteiger partial charge in [0, 0.05) is 112 Å². The molecule has 0 spiro atoms. The third-order valence-electron chi connectivity index (χ3n) is 16.2. The summed E-state index contributed by atoms with van der Waals surface area (Å²) in [5, 5.41) is 56.6. The highest BCUT2D eigenvalue weighted by Crippen LogP contribution is 2.30. The summed E-state index contributed by atoms with van der Waals surface area (Å²) in [6.07, 6.45) is -2.98. The van der Waals surface area contributed by atoms with Gasteiger partial charge in [-0.15, -0.1) is 0 Å². The largest absolute Gasteiger partial charge is 0.481 e. The number of H-pyrrole nitrogens is 1. The van der Waals surface area contributed by atoms with Crippen molar-refractivity contribution >= 4 is 110 Å². The summed E-state index contributed by atoms with van der Waals surface area (Å²) in [4.78, 5) is 210. The Morgan fingerprint density at radius 1 is 0.742 bits per heavy atom. The van der Waals surface area contributed by atoms with Crippen molar-refractivity contribution in [1.29, 1.82) is 0 Å². The fraction of sp³-hybridized carbons (Fsp3) is 0.526. The van der Waals surface area contributed by atoms with E-state index in [9.17, 15) is 92.3 Å². The van der Waals surface area contributed by atoms with E-state index >= 15 is 4.21 Å². The first kappa shape index (κ1) is 67.6. The molecule has 5 aliphatic heterocycles. The number of nitrogens with zero attached hydrogens (tertiary/aromatic N) is 4. The normalized spacial score (nSPS) is 25.4. The van der Waals surface area contributed by atoms with Gasteiger partial charge in [-0.2, -0.15) is 0 Å². The lowest BCUT2D eigenvalue weighted by Crippen LogP contribution is -2.61. The number of carboxylic acid groups (broad SMARTS) is 1. The van der Waals surface area contributed by atoms with E-state index in [1.165, 1.54) is 30.0 Å². The van der Waals surface area contributed by atoms with Crippen LogP contribution in [0.5, 0.6) is 0 Å². The molecule has 2 bridgehead atoms.